The number of rotatable bonds is 3. The third-order valence-electron chi connectivity index (χ3n) is 5.65. The highest BCUT2D eigenvalue weighted by molar-refractivity contribution is 7.17. The molecule has 0 bridgehead atoms. The summed E-state index contributed by atoms with van der Waals surface area (Å²) in [5, 5.41) is 5.02. The first kappa shape index (κ1) is 21.0. The van der Waals surface area contributed by atoms with Crippen LogP contribution in [0.1, 0.15) is 13.3 Å². The molecule has 1 N–H and O–H groups in total. The van der Waals surface area contributed by atoms with Crippen molar-refractivity contribution in [2.45, 2.75) is 25.9 Å². The van der Waals surface area contributed by atoms with Gasteiger partial charge in [0.15, 0.2) is 0 Å². The number of carbonyl (C=O) groups excluding carboxylic acids is 2. The second-order valence-electron chi connectivity index (χ2n) is 7.90. The maximum Gasteiger partial charge on any atom is 0.263 e. The summed E-state index contributed by atoms with van der Waals surface area (Å²) >= 11 is 1.32. The van der Waals surface area contributed by atoms with Crippen molar-refractivity contribution in [1.29, 1.82) is 0 Å². The van der Waals surface area contributed by atoms with E-state index in [0.29, 0.717) is 32.7 Å². The number of hydrogen-bond acceptors (Lipinski definition) is 5. The van der Waals surface area contributed by atoms with Crippen LogP contribution < -0.4 is 15.8 Å². The van der Waals surface area contributed by atoms with Gasteiger partial charge in [0, 0.05) is 23.4 Å². The van der Waals surface area contributed by atoms with Gasteiger partial charge >= 0.3 is 0 Å². The van der Waals surface area contributed by atoms with E-state index < -0.39 is 0 Å². The largest absolute Gasteiger partial charge is 0.324 e. The molecule has 1 aliphatic rings. The lowest BCUT2D eigenvalue weighted by Crippen LogP contribution is -2.42. The van der Waals surface area contributed by atoms with Gasteiger partial charge in [0.05, 0.1) is 23.1 Å². The Morgan fingerprint density at radius 1 is 1.18 bits per heavy atom. The SMILES string of the molecule is C[C@H]1CC(=O)Nc2ccccc2N1C(=O)Cn1cnc2scc(-c3ccc(F)cc3)c2c1=O. The predicted octanol–water partition coefficient (Wildman–Crippen LogP) is 4.03. The third kappa shape index (κ3) is 3.80. The summed E-state index contributed by atoms with van der Waals surface area (Å²) in [4.78, 5) is 45.4. The standard InChI is InChI=1S/C24H19FN4O3S/c1-14-10-20(30)27-18-4-2-3-5-19(18)29(14)21(31)11-28-13-26-23-22(24(28)32)17(12-33-23)15-6-8-16(25)9-7-15/h2-9,12-14H,10-11H2,1H3,(H,27,30)/t14-/m0/s1. The molecule has 0 aliphatic carbocycles. The molecule has 4 aromatic rings. The fraction of sp³-hybridized carbons (Fsp3) is 0.167. The molecular weight excluding hydrogens is 443 g/mol. The first-order valence-corrected chi connectivity index (χ1v) is 11.2. The highest BCUT2D eigenvalue weighted by atomic mass is 32.1. The zero-order valence-electron chi connectivity index (χ0n) is 17.6. The third-order valence-corrected chi connectivity index (χ3v) is 6.54. The van der Waals surface area contributed by atoms with Crippen molar-refractivity contribution < 1.29 is 14.0 Å². The van der Waals surface area contributed by atoms with E-state index in [2.05, 4.69) is 10.3 Å². The summed E-state index contributed by atoms with van der Waals surface area (Å²) in [6, 6.07) is 12.6. The number of nitrogens with zero attached hydrogens (tertiary/aromatic N) is 3. The molecule has 1 atom stereocenters. The Balaban J connectivity index is 1.53. The molecule has 5 rings (SSSR count). The number of nitrogens with one attached hydrogen (secondary N) is 1. The molecule has 0 fully saturated rings. The lowest BCUT2D eigenvalue weighted by Gasteiger charge is -2.28. The van der Waals surface area contributed by atoms with Crippen molar-refractivity contribution in [2.75, 3.05) is 10.2 Å². The topological polar surface area (TPSA) is 84.3 Å². The van der Waals surface area contributed by atoms with Gasteiger partial charge in [0.2, 0.25) is 11.8 Å². The van der Waals surface area contributed by atoms with Gasteiger partial charge in [-0.25, -0.2) is 9.37 Å². The van der Waals surface area contributed by atoms with E-state index in [-0.39, 0.29) is 42.2 Å². The Labute approximate surface area is 192 Å². The minimum atomic E-state index is -0.385. The van der Waals surface area contributed by atoms with Gasteiger partial charge in [0.25, 0.3) is 5.56 Å². The number of amides is 2. The Morgan fingerprint density at radius 3 is 2.73 bits per heavy atom. The van der Waals surface area contributed by atoms with E-state index >= 15 is 0 Å². The zero-order chi connectivity index (χ0) is 23.1. The van der Waals surface area contributed by atoms with Crippen molar-refractivity contribution in [3.8, 4) is 11.1 Å². The van der Waals surface area contributed by atoms with Gasteiger partial charge in [-0.15, -0.1) is 11.3 Å². The van der Waals surface area contributed by atoms with Gasteiger partial charge in [-0.2, -0.15) is 0 Å². The molecule has 0 radical (unpaired) electrons. The van der Waals surface area contributed by atoms with Crippen LogP contribution >= 0.6 is 11.3 Å². The van der Waals surface area contributed by atoms with E-state index in [9.17, 15) is 18.8 Å². The lowest BCUT2D eigenvalue weighted by atomic mass is 10.1. The second kappa shape index (κ2) is 8.25. The van der Waals surface area contributed by atoms with Crippen LogP contribution in [0.4, 0.5) is 15.8 Å². The van der Waals surface area contributed by atoms with Crippen LogP contribution in [0.2, 0.25) is 0 Å². The smallest absolute Gasteiger partial charge is 0.263 e. The van der Waals surface area contributed by atoms with Gasteiger partial charge in [0.1, 0.15) is 17.2 Å². The molecule has 166 valence electrons. The average molecular weight is 463 g/mol. The number of hydrogen-bond donors (Lipinski definition) is 1. The molecule has 0 saturated heterocycles. The Hall–Kier alpha value is -3.85. The molecule has 2 amide bonds. The number of benzene rings is 2. The van der Waals surface area contributed by atoms with E-state index in [0.717, 1.165) is 0 Å². The quantitative estimate of drug-likeness (QED) is 0.498. The molecule has 3 heterocycles. The van der Waals surface area contributed by atoms with Crippen molar-refractivity contribution in [1.82, 2.24) is 9.55 Å². The van der Waals surface area contributed by atoms with Crippen LogP contribution in [-0.2, 0) is 16.1 Å². The van der Waals surface area contributed by atoms with Crippen LogP contribution in [0.25, 0.3) is 21.3 Å². The number of thiophene rings is 1. The number of aromatic nitrogens is 2. The lowest BCUT2D eigenvalue weighted by molar-refractivity contribution is -0.120. The van der Waals surface area contributed by atoms with Crippen molar-refractivity contribution in [2.24, 2.45) is 0 Å². The van der Waals surface area contributed by atoms with E-state index in [4.69, 9.17) is 0 Å². The predicted molar refractivity (Wildman–Crippen MR) is 126 cm³/mol. The molecule has 0 unspecified atom stereocenters. The van der Waals surface area contributed by atoms with E-state index in [1.165, 1.54) is 34.4 Å². The van der Waals surface area contributed by atoms with Crippen LogP contribution in [0, 0.1) is 5.82 Å². The maximum atomic E-state index is 13.4. The van der Waals surface area contributed by atoms with Gasteiger partial charge in [-0.05, 0) is 36.8 Å². The highest BCUT2D eigenvalue weighted by Gasteiger charge is 2.30. The fourth-order valence-electron chi connectivity index (χ4n) is 4.11. The first-order chi connectivity index (χ1) is 15.9. The summed E-state index contributed by atoms with van der Waals surface area (Å²) in [5.41, 5.74) is 2.14. The molecule has 33 heavy (non-hydrogen) atoms. The molecule has 1 aliphatic heterocycles. The highest BCUT2D eigenvalue weighted by Crippen LogP contribution is 2.32. The van der Waals surface area contributed by atoms with Crippen LogP contribution in [0.5, 0.6) is 0 Å². The monoisotopic (exact) mass is 462 g/mol. The summed E-state index contributed by atoms with van der Waals surface area (Å²) in [6.45, 7) is 1.57. The van der Waals surface area contributed by atoms with Crippen molar-refractivity contribution >= 4 is 44.7 Å². The molecule has 7 nitrogen and oxygen atoms in total. The molecule has 2 aromatic heterocycles. The van der Waals surface area contributed by atoms with Gasteiger partial charge < -0.3 is 10.2 Å². The van der Waals surface area contributed by atoms with Crippen LogP contribution in [-0.4, -0.2) is 27.4 Å². The van der Waals surface area contributed by atoms with Gasteiger partial charge in [-0.1, -0.05) is 24.3 Å². The minimum Gasteiger partial charge on any atom is -0.324 e. The maximum absolute atomic E-state index is 13.4. The van der Waals surface area contributed by atoms with Crippen LogP contribution in [0.15, 0.2) is 65.0 Å². The number of fused-ring (bicyclic) bond motifs is 2. The Bertz CT molecular complexity index is 1440. The van der Waals surface area contributed by atoms with Crippen molar-refractivity contribution in [3.63, 3.8) is 0 Å². The summed E-state index contributed by atoms with van der Waals surface area (Å²) in [5.74, 6) is -0.861. The Kier molecular flexibility index (Phi) is 5.26. The normalized spacial score (nSPS) is 15.8. The minimum absolute atomic E-state index is 0.145. The molecule has 9 heteroatoms. The van der Waals surface area contributed by atoms with Crippen LogP contribution in [0.3, 0.4) is 0 Å². The van der Waals surface area contributed by atoms with Gasteiger partial charge in [-0.3, -0.25) is 19.0 Å². The van der Waals surface area contributed by atoms with E-state index in [1.54, 1.807) is 48.2 Å². The second-order valence-corrected chi connectivity index (χ2v) is 8.75. The number of halogens is 1. The molecule has 2 aromatic carbocycles. The summed E-state index contributed by atoms with van der Waals surface area (Å²) in [7, 11) is 0. The number of anilines is 2. The first-order valence-electron chi connectivity index (χ1n) is 10.4. The molecular formula is C24H19FN4O3S. The number of carbonyl (C=O) groups is 2. The Morgan fingerprint density at radius 2 is 1.94 bits per heavy atom. The van der Waals surface area contributed by atoms with Crippen molar-refractivity contribution in [3.05, 3.63) is 76.4 Å². The van der Waals surface area contributed by atoms with E-state index in [1.807, 2.05) is 5.38 Å². The number of para-hydroxylation sites is 2. The molecule has 0 spiro atoms. The zero-order valence-corrected chi connectivity index (χ0v) is 18.4. The molecule has 0 saturated carbocycles. The summed E-state index contributed by atoms with van der Waals surface area (Å²) in [6.07, 6.45) is 1.51. The average Bonchev–Trinajstić information content (AvgIpc) is 3.17. The summed E-state index contributed by atoms with van der Waals surface area (Å²) < 4.78 is 14.6. The fourth-order valence-corrected chi connectivity index (χ4v) is 5.02.